The number of nitrogens with one attached hydrogen (secondary N) is 1. The molecule has 3 aromatic rings. The lowest BCUT2D eigenvalue weighted by Crippen LogP contribution is -2.37. The smallest absolute Gasteiger partial charge is 0.254 e. The average molecular weight is 466 g/mol. The highest BCUT2D eigenvalue weighted by atomic mass is 19.2. The van der Waals surface area contributed by atoms with Crippen LogP contribution in [-0.2, 0) is 29.0 Å². The molecule has 1 aliphatic rings. The number of pyridine rings is 1. The maximum atomic E-state index is 13.6. The van der Waals surface area contributed by atoms with E-state index in [1.807, 2.05) is 37.3 Å². The first kappa shape index (κ1) is 23.5. The topological polar surface area (TPSA) is 71.5 Å². The maximum absolute atomic E-state index is 13.6. The van der Waals surface area contributed by atoms with Crippen molar-refractivity contribution in [1.29, 1.82) is 0 Å². The maximum Gasteiger partial charge on any atom is 0.254 e. The number of hydrogen-bond acceptors (Lipinski definition) is 4. The number of benzene rings is 2. The molecular formula is C26H25F2N3O3. The van der Waals surface area contributed by atoms with Gasteiger partial charge in [0.05, 0.1) is 0 Å². The van der Waals surface area contributed by atoms with E-state index in [2.05, 4.69) is 10.3 Å². The summed E-state index contributed by atoms with van der Waals surface area (Å²) in [5, 5.41) is 2.95. The number of carbonyl (C=O) groups is 2. The predicted octanol–water partition coefficient (Wildman–Crippen LogP) is 3.87. The Morgan fingerprint density at radius 3 is 2.62 bits per heavy atom. The molecule has 0 spiro atoms. The first-order valence-corrected chi connectivity index (χ1v) is 10.9. The van der Waals surface area contributed by atoms with E-state index in [0.29, 0.717) is 19.5 Å². The number of aromatic nitrogens is 1. The molecule has 0 fully saturated rings. The number of rotatable bonds is 6. The molecule has 4 rings (SSSR count). The molecule has 6 nitrogen and oxygen atoms in total. The van der Waals surface area contributed by atoms with Crippen molar-refractivity contribution < 1.29 is 23.1 Å². The van der Waals surface area contributed by atoms with E-state index in [0.717, 1.165) is 40.1 Å². The Morgan fingerprint density at radius 1 is 1.15 bits per heavy atom. The number of nitrogens with zero attached hydrogens (tertiary/aromatic N) is 2. The van der Waals surface area contributed by atoms with Crippen molar-refractivity contribution in [3.05, 3.63) is 99.9 Å². The van der Waals surface area contributed by atoms with Crippen molar-refractivity contribution >= 4 is 11.8 Å². The van der Waals surface area contributed by atoms with Crippen LogP contribution in [0.1, 0.15) is 44.4 Å². The molecule has 1 atom stereocenters. The number of methoxy groups -OCH3 is 1. The summed E-state index contributed by atoms with van der Waals surface area (Å²) in [4.78, 5) is 31.7. The van der Waals surface area contributed by atoms with Crippen LogP contribution in [0, 0.1) is 18.6 Å². The van der Waals surface area contributed by atoms with Gasteiger partial charge in [0.15, 0.2) is 17.7 Å². The van der Waals surface area contributed by atoms with E-state index in [4.69, 9.17) is 4.74 Å². The molecule has 1 N–H and O–H groups in total. The minimum atomic E-state index is -1.05. The number of amides is 2. The highest BCUT2D eigenvalue weighted by molar-refractivity contribution is 5.94. The number of hydrogen-bond donors (Lipinski definition) is 1. The van der Waals surface area contributed by atoms with Gasteiger partial charge in [-0.05, 0) is 53.8 Å². The zero-order valence-electron chi connectivity index (χ0n) is 19.0. The molecule has 1 unspecified atom stereocenters. The number of fused-ring (bicyclic) bond motifs is 1. The summed E-state index contributed by atoms with van der Waals surface area (Å²) in [6.45, 7) is 2.88. The van der Waals surface area contributed by atoms with Gasteiger partial charge in [-0.2, -0.15) is 0 Å². The van der Waals surface area contributed by atoms with Crippen molar-refractivity contribution in [1.82, 2.24) is 15.2 Å². The van der Waals surface area contributed by atoms with Crippen LogP contribution in [-0.4, -0.2) is 35.4 Å². The molecule has 176 valence electrons. The Morgan fingerprint density at radius 2 is 1.91 bits per heavy atom. The van der Waals surface area contributed by atoms with Crippen molar-refractivity contribution in [2.45, 2.75) is 32.5 Å². The summed E-state index contributed by atoms with van der Waals surface area (Å²) in [5.41, 5.74) is 4.47. The van der Waals surface area contributed by atoms with Gasteiger partial charge in [0.1, 0.15) is 0 Å². The lowest BCUT2D eigenvalue weighted by atomic mass is 9.94. The molecule has 0 saturated carbocycles. The Bertz CT molecular complexity index is 1220. The number of ether oxygens (including phenoxy) is 1. The number of carbonyl (C=O) groups excluding carboxylic acids is 2. The molecule has 0 aliphatic carbocycles. The second kappa shape index (κ2) is 10.1. The monoisotopic (exact) mass is 465 g/mol. The van der Waals surface area contributed by atoms with Crippen LogP contribution < -0.4 is 5.32 Å². The lowest BCUT2D eigenvalue weighted by molar-refractivity contribution is -0.131. The van der Waals surface area contributed by atoms with Crippen molar-refractivity contribution in [2.24, 2.45) is 0 Å². The molecule has 0 bridgehead atoms. The summed E-state index contributed by atoms with van der Waals surface area (Å²) >= 11 is 0. The number of halogens is 2. The zero-order chi connectivity index (χ0) is 24.2. The van der Waals surface area contributed by atoms with E-state index in [1.54, 1.807) is 11.1 Å². The van der Waals surface area contributed by atoms with Crippen LogP contribution in [0.15, 0.2) is 54.7 Å². The third kappa shape index (κ3) is 4.82. The average Bonchev–Trinajstić information content (AvgIpc) is 2.85. The Hall–Kier alpha value is -3.65. The van der Waals surface area contributed by atoms with Gasteiger partial charge in [-0.3, -0.25) is 14.6 Å². The molecule has 8 heteroatoms. The molecule has 1 aliphatic heterocycles. The minimum Gasteiger partial charge on any atom is -0.367 e. The zero-order valence-corrected chi connectivity index (χ0v) is 19.0. The van der Waals surface area contributed by atoms with Crippen LogP contribution in [0.5, 0.6) is 0 Å². The van der Waals surface area contributed by atoms with E-state index in [1.165, 1.54) is 13.2 Å². The summed E-state index contributed by atoms with van der Waals surface area (Å²) in [7, 11) is 1.49. The van der Waals surface area contributed by atoms with Gasteiger partial charge >= 0.3 is 0 Å². The van der Waals surface area contributed by atoms with E-state index in [9.17, 15) is 18.4 Å². The van der Waals surface area contributed by atoms with Gasteiger partial charge in [0, 0.05) is 44.2 Å². The quantitative estimate of drug-likeness (QED) is 0.600. The predicted molar refractivity (Wildman–Crippen MR) is 122 cm³/mol. The largest absolute Gasteiger partial charge is 0.367 e. The van der Waals surface area contributed by atoms with Gasteiger partial charge in [-0.15, -0.1) is 0 Å². The number of aryl methyl sites for hydroxylation is 1. The summed E-state index contributed by atoms with van der Waals surface area (Å²) in [6, 6.07) is 12.4. The molecule has 34 heavy (non-hydrogen) atoms. The highest BCUT2D eigenvalue weighted by Crippen LogP contribution is 2.26. The van der Waals surface area contributed by atoms with Crippen molar-refractivity contribution in [3.63, 3.8) is 0 Å². The van der Waals surface area contributed by atoms with Gasteiger partial charge in [0.25, 0.3) is 11.8 Å². The minimum absolute atomic E-state index is 0.0985. The molecule has 2 amide bonds. The van der Waals surface area contributed by atoms with E-state index >= 15 is 0 Å². The van der Waals surface area contributed by atoms with Crippen molar-refractivity contribution in [2.75, 3.05) is 13.7 Å². The highest BCUT2D eigenvalue weighted by Gasteiger charge is 2.26. The first-order chi connectivity index (χ1) is 16.4. The normalized spacial score (nSPS) is 13.8. The van der Waals surface area contributed by atoms with Crippen LogP contribution in [0.4, 0.5) is 8.78 Å². The Kier molecular flexibility index (Phi) is 6.98. The van der Waals surface area contributed by atoms with Crippen molar-refractivity contribution in [3.8, 4) is 0 Å². The third-order valence-electron chi connectivity index (χ3n) is 6.06. The fourth-order valence-electron chi connectivity index (χ4n) is 4.23. The molecule has 2 heterocycles. The summed E-state index contributed by atoms with van der Waals surface area (Å²) in [6.07, 6.45) is 1.56. The SMILES string of the molecule is COC(C(=O)NCc1c(C)ncc2c1CCN(C(=O)c1ccc(F)c(F)c1)C2)c1ccccc1. The molecule has 0 radical (unpaired) electrons. The molecular weight excluding hydrogens is 440 g/mol. The fourth-order valence-corrected chi connectivity index (χ4v) is 4.23. The van der Waals surface area contributed by atoms with Gasteiger partial charge < -0.3 is 15.0 Å². The standard InChI is InChI=1S/C26H25F2N3O3/c1-16-21(14-30-25(32)24(34-2)17-6-4-3-5-7-17)20-10-11-31(15-19(20)13-29-16)26(33)18-8-9-22(27)23(28)12-18/h3-9,12-13,24H,10-11,14-15H2,1-2H3,(H,30,32). The second-order valence-corrected chi connectivity index (χ2v) is 8.18. The summed E-state index contributed by atoms with van der Waals surface area (Å²) < 4.78 is 32.2. The van der Waals surface area contributed by atoms with Gasteiger partial charge in [0.2, 0.25) is 0 Å². The molecule has 1 aromatic heterocycles. The fraction of sp³-hybridized carbons (Fsp3) is 0.269. The van der Waals surface area contributed by atoms with Crippen LogP contribution in [0.3, 0.4) is 0 Å². The Balaban J connectivity index is 1.49. The van der Waals surface area contributed by atoms with Gasteiger partial charge in [-0.1, -0.05) is 30.3 Å². The molecule has 2 aromatic carbocycles. The molecule has 0 saturated heterocycles. The van der Waals surface area contributed by atoms with E-state index in [-0.39, 0.29) is 23.9 Å². The van der Waals surface area contributed by atoms with Gasteiger partial charge in [-0.25, -0.2) is 8.78 Å². The second-order valence-electron chi connectivity index (χ2n) is 8.18. The first-order valence-electron chi connectivity index (χ1n) is 10.9. The third-order valence-corrected chi connectivity index (χ3v) is 6.06. The van der Waals surface area contributed by atoms with E-state index < -0.39 is 17.7 Å². The van der Waals surface area contributed by atoms with Crippen LogP contribution >= 0.6 is 0 Å². The van der Waals surface area contributed by atoms with Crippen LogP contribution in [0.2, 0.25) is 0 Å². The Labute approximate surface area is 196 Å². The van der Waals surface area contributed by atoms with Crippen LogP contribution in [0.25, 0.3) is 0 Å². The summed E-state index contributed by atoms with van der Waals surface area (Å²) in [5.74, 6) is -2.67. The lowest BCUT2D eigenvalue weighted by Gasteiger charge is -2.30.